The van der Waals surface area contributed by atoms with E-state index in [0.717, 1.165) is 12.4 Å². The number of aromatic nitrogens is 2. The van der Waals surface area contributed by atoms with Gasteiger partial charge < -0.3 is 5.32 Å². The summed E-state index contributed by atoms with van der Waals surface area (Å²) < 4.78 is 0. The van der Waals surface area contributed by atoms with Gasteiger partial charge in [-0.25, -0.2) is 10.8 Å². The zero-order chi connectivity index (χ0) is 12.3. The second kappa shape index (κ2) is 5.11. The summed E-state index contributed by atoms with van der Waals surface area (Å²) in [6.07, 6.45) is 1.66. The largest absolute Gasteiger partial charge is 0.365 e. The molecule has 4 N–H and O–H groups in total. The Hall–Kier alpha value is -1.66. The number of hydrogen-bond donors (Lipinski definition) is 3. The number of rotatable bonds is 4. The third-order valence-corrected chi connectivity index (χ3v) is 3.60. The topological polar surface area (TPSA) is 75.9 Å². The fourth-order valence-corrected chi connectivity index (χ4v) is 2.43. The van der Waals surface area contributed by atoms with Crippen molar-refractivity contribution in [2.75, 3.05) is 10.7 Å². The van der Waals surface area contributed by atoms with Gasteiger partial charge >= 0.3 is 0 Å². The summed E-state index contributed by atoms with van der Waals surface area (Å²) in [6.45, 7) is 5.02. The highest BCUT2D eigenvalue weighted by Crippen LogP contribution is 2.21. The molecule has 0 aliphatic heterocycles. The minimum atomic E-state index is 0.411. The van der Waals surface area contributed by atoms with E-state index >= 15 is 0 Å². The summed E-state index contributed by atoms with van der Waals surface area (Å²) in [5, 5.41) is 3.24. The average molecular weight is 249 g/mol. The number of nitrogen functional groups attached to an aromatic ring is 1. The van der Waals surface area contributed by atoms with Crippen LogP contribution in [-0.4, -0.2) is 9.97 Å². The zero-order valence-corrected chi connectivity index (χ0v) is 10.6. The summed E-state index contributed by atoms with van der Waals surface area (Å²) in [5.41, 5.74) is 3.75. The van der Waals surface area contributed by atoms with Gasteiger partial charge in [0.05, 0.1) is 6.54 Å². The van der Waals surface area contributed by atoms with Gasteiger partial charge in [0.15, 0.2) is 0 Å². The first-order valence-corrected chi connectivity index (χ1v) is 6.10. The van der Waals surface area contributed by atoms with Crippen molar-refractivity contribution in [2.24, 2.45) is 5.84 Å². The summed E-state index contributed by atoms with van der Waals surface area (Å²) in [4.78, 5) is 10.8. The minimum absolute atomic E-state index is 0.411. The average Bonchev–Trinajstić information content (AvgIpc) is 2.67. The van der Waals surface area contributed by atoms with Gasteiger partial charge in [0.1, 0.15) is 5.82 Å². The smallest absolute Gasteiger partial charge is 0.239 e. The number of nitrogens with one attached hydrogen (secondary N) is 2. The van der Waals surface area contributed by atoms with Crippen molar-refractivity contribution in [3.63, 3.8) is 0 Å². The van der Waals surface area contributed by atoms with Crippen LogP contribution in [0.1, 0.15) is 15.3 Å². The molecule has 5 nitrogen and oxygen atoms in total. The van der Waals surface area contributed by atoms with Crippen molar-refractivity contribution in [1.82, 2.24) is 9.97 Å². The van der Waals surface area contributed by atoms with Crippen molar-refractivity contribution in [3.05, 3.63) is 33.6 Å². The Labute approximate surface area is 104 Å². The van der Waals surface area contributed by atoms with Gasteiger partial charge in [0, 0.05) is 16.0 Å². The number of anilines is 2. The number of hydrazine groups is 1. The SMILES string of the molecule is Cc1cc(CNc2ccnc(NN)n2)sc1C. The fraction of sp³-hybridized carbons (Fsp3) is 0.273. The lowest BCUT2D eigenvalue weighted by Crippen LogP contribution is -2.11. The Morgan fingerprint density at radius 1 is 1.41 bits per heavy atom. The molecule has 0 saturated heterocycles. The van der Waals surface area contributed by atoms with Crippen LogP contribution >= 0.6 is 11.3 Å². The van der Waals surface area contributed by atoms with Crippen molar-refractivity contribution in [1.29, 1.82) is 0 Å². The van der Waals surface area contributed by atoms with E-state index in [-0.39, 0.29) is 0 Å². The van der Waals surface area contributed by atoms with E-state index in [1.807, 2.05) is 6.07 Å². The Morgan fingerprint density at radius 3 is 2.88 bits per heavy atom. The van der Waals surface area contributed by atoms with Gasteiger partial charge in [0.25, 0.3) is 0 Å². The maximum Gasteiger partial charge on any atom is 0.239 e. The highest BCUT2D eigenvalue weighted by molar-refractivity contribution is 7.12. The molecule has 0 unspecified atom stereocenters. The molecule has 17 heavy (non-hydrogen) atoms. The van der Waals surface area contributed by atoms with Crippen LogP contribution in [-0.2, 0) is 6.54 Å². The molecule has 2 heterocycles. The first kappa shape index (κ1) is 11.8. The lowest BCUT2D eigenvalue weighted by molar-refractivity contribution is 1.08. The van der Waals surface area contributed by atoms with Crippen LogP contribution in [0.15, 0.2) is 18.3 Å². The molecule has 0 amide bonds. The van der Waals surface area contributed by atoms with Crippen LogP contribution in [0.3, 0.4) is 0 Å². The van der Waals surface area contributed by atoms with Gasteiger partial charge in [-0.05, 0) is 31.5 Å². The van der Waals surface area contributed by atoms with Gasteiger partial charge in [0.2, 0.25) is 5.95 Å². The summed E-state index contributed by atoms with van der Waals surface area (Å²) in [5.74, 6) is 6.42. The monoisotopic (exact) mass is 249 g/mol. The maximum atomic E-state index is 5.25. The molecular weight excluding hydrogens is 234 g/mol. The molecule has 0 saturated carbocycles. The lowest BCUT2D eigenvalue weighted by Gasteiger charge is -2.04. The van der Waals surface area contributed by atoms with Gasteiger partial charge in [-0.1, -0.05) is 0 Å². The van der Waals surface area contributed by atoms with E-state index < -0.39 is 0 Å². The number of aryl methyl sites for hydroxylation is 2. The van der Waals surface area contributed by atoms with E-state index in [1.165, 1.54) is 15.3 Å². The Balaban J connectivity index is 2.01. The van der Waals surface area contributed by atoms with Crippen LogP contribution in [0.25, 0.3) is 0 Å². The Bertz CT molecular complexity index is 489. The molecule has 0 atom stereocenters. The van der Waals surface area contributed by atoms with Crippen molar-refractivity contribution < 1.29 is 0 Å². The normalized spacial score (nSPS) is 10.3. The molecule has 0 bridgehead atoms. The number of nitrogens with zero attached hydrogens (tertiary/aromatic N) is 2. The third kappa shape index (κ3) is 2.92. The molecule has 0 aliphatic rings. The maximum absolute atomic E-state index is 5.25. The summed E-state index contributed by atoms with van der Waals surface area (Å²) in [6, 6.07) is 4.00. The Morgan fingerprint density at radius 2 is 2.24 bits per heavy atom. The van der Waals surface area contributed by atoms with Crippen molar-refractivity contribution in [2.45, 2.75) is 20.4 Å². The molecule has 0 aliphatic carbocycles. The molecule has 0 spiro atoms. The number of thiophene rings is 1. The molecule has 0 fully saturated rings. The second-order valence-electron chi connectivity index (χ2n) is 3.72. The highest BCUT2D eigenvalue weighted by atomic mass is 32.1. The van der Waals surface area contributed by atoms with E-state index in [0.29, 0.717) is 5.95 Å². The standard InChI is InChI=1S/C11H15N5S/c1-7-5-9(17-8(7)2)6-14-10-3-4-13-11(15-10)16-12/h3-5H,6,12H2,1-2H3,(H2,13,14,15,16). The Kier molecular flexibility index (Phi) is 3.55. The van der Waals surface area contributed by atoms with Crippen molar-refractivity contribution >= 4 is 23.1 Å². The van der Waals surface area contributed by atoms with E-state index in [4.69, 9.17) is 5.84 Å². The first-order valence-electron chi connectivity index (χ1n) is 5.28. The quantitative estimate of drug-likeness (QED) is 0.571. The van der Waals surface area contributed by atoms with Gasteiger partial charge in [-0.3, -0.25) is 5.43 Å². The van der Waals surface area contributed by atoms with Crippen LogP contribution in [0.4, 0.5) is 11.8 Å². The minimum Gasteiger partial charge on any atom is -0.365 e. The van der Waals surface area contributed by atoms with Crippen LogP contribution in [0.5, 0.6) is 0 Å². The predicted molar refractivity (Wildman–Crippen MR) is 71.0 cm³/mol. The lowest BCUT2D eigenvalue weighted by atomic mass is 10.3. The molecular formula is C11H15N5S. The van der Waals surface area contributed by atoms with E-state index in [1.54, 1.807) is 17.5 Å². The van der Waals surface area contributed by atoms with Crippen LogP contribution < -0.4 is 16.6 Å². The molecule has 6 heteroatoms. The zero-order valence-electron chi connectivity index (χ0n) is 9.82. The highest BCUT2D eigenvalue weighted by Gasteiger charge is 2.02. The number of nitrogens with two attached hydrogens (primary N) is 1. The molecule has 0 radical (unpaired) electrons. The van der Waals surface area contributed by atoms with Gasteiger partial charge in [-0.2, -0.15) is 4.98 Å². The molecule has 2 rings (SSSR count). The van der Waals surface area contributed by atoms with Gasteiger partial charge in [-0.15, -0.1) is 11.3 Å². The van der Waals surface area contributed by atoms with Crippen molar-refractivity contribution in [3.8, 4) is 0 Å². The van der Waals surface area contributed by atoms with Crippen LogP contribution in [0.2, 0.25) is 0 Å². The third-order valence-electron chi connectivity index (χ3n) is 2.45. The van der Waals surface area contributed by atoms with E-state index in [9.17, 15) is 0 Å². The number of hydrogen-bond acceptors (Lipinski definition) is 6. The summed E-state index contributed by atoms with van der Waals surface area (Å²) in [7, 11) is 0. The predicted octanol–water partition coefficient (Wildman–Crippen LogP) is 2.05. The molecule has 0 aromatic carbocycles. The van der Waals surface area contributed by atoms with E-state index in [2.05, 4.69) is 40.6 Å². The first-order chi connectivity index (χ1) is 8.19. The van der Waals surface area contributed by atoms with Crippen LogP contribution in [0, 0.1) is 13.8 Å². The molecule has 2 aromatic heterocycles. The second-order valence-corrected chi connectivity index (χ2v) is 5.06. The summed E-state index contributed by atoms with van der Waals surface area (Å²) >= 11 is 1.80. The molecule has 90 valence electrons. The fourth-order valence-electron chi connectivity index (χ4n) is 1.44. The molecule has 2 aromatic rings.